The fourth-order valence-corrected chi connectivity index (χ4v) is 5.66. The van der Waals surface area contributed by atoms with Gasteiger partial charge >= 0.3 is 11.8 Å². The summed E-state index contributed by atoms with van der Waals surface area (Å²) in [5.41, 5.74) is 1.92. The molecule has 1 atom stereocenters. The molecule has 0 unspecified atom stereocenters. The number of sulfonamides is 1. The summed E-state index contributed by atoms with van der Waals surface area (Å²) < 4.78 is 33.0. The van der Waals surface area contributed by atoms with Crippen LogP contribution in [0.4, 0.5) is 5.69 Å². The summed E-state index contributed by atoms with van der Waals surface area (Å²) in [6, 6.07) is 11.7. The highest BCUT2D eigenvalue weighted by Crippen LogP contribution is 2.28. The molecule has 1 saturated heterocycles. The van der Waals surface area contributed by atoms with E-state index < -0.39 is 27.9 Å². The molecule has 0 aromatic heterocycles. The first kappa shape index (κ1) is 22.8. The number of nitrogens with zero attached hydrogens (tertiary/aromatic N) is 1. The molecule has 9 heteroatoms. The Kier molecular flexibility index (Phi) is 6.97. The van der Waals surface area contributed by atoms with Crippen LogP contribution in [-0.4, -0.2) is 50.8 Å². The zero-order valence-corrected chi connectivity index (χ0v) is 18.7. The van der Waals surface area contributed by atoms with E-state index in [9.17, 15) is 18.0 Å². The SMILES string of the molecule is COc1ccccc1NC(=O)C(=O)NC[C@@H]1CCCN1S(=O)(=O)c1cc(C)ccc1C. The summed E-state index contributed by atoms with van der Waals surface area (Å²) in [6.07, 6.45) is 1.30. The van der Waals surface area contributed by atoms with Gasteiger partial charge in [0, 0.05) is 19.1 Å². The first-order valence-corrected chi connectivity index (χ1v) is 11.5. The van der Waals surface area contributed by atoms with E-state index in [-0.39, 0.29) is 11.4 Å². The second-order valence-electron chi connectivity index (χ2n) is 7.55. The van der Waals surface area contributed by atoms with Gasteiger partial charge in [-0.3, -0.25) is 9.59 Å². The van der Waals surface area contributed by atoms with Crippen molar-refractivity contribution in [2.75, 3.05) is 25.5 Å². The number of hydrogen-bond acceptors (Lipinski definition) is 5. The molecule has 0 spiro atoms. The molecule has 1 aliphatic rings. The number of amides is 2. The number of carbonyl (C=O) groups is 2. The molecule has 0 radical (unpaired) electrons. The van der Waals surface area contributed by atoms with Gasteiger partial charge in [0.15, 0.2) is 0 Å². The monoisotopic (exact) mass is 445 g/mol. The Morgan fingerprint density at radius 3 is 2.61 bits per heavy atom. The predicted molar refractivity (Wildman–Crippen MR) is 117 cm³/mol. The zero-order chi connectivity index (χ0) is 22.6. The standard InChI is InChI=1S/C22H27N3O5S/c1-15-10-11-16(2)20(13-15)31(28,29)25-12-6-7-17(25)14-23-21(26)22(27)24-18-8-4-5-9-19(18)30-3/h4-5,8-11,13,17H,6-7,12,14H2,1-3H3,(H,23,26)(H,24,27)/t17-/m0/s1. The lowest BCUT2D eigenvalue weighted by Gasteiger charge is -2.25. The normalized spacial score (nSPS) is 16.7. The summed E-state index contributed by atoms with van der Waals surface area (Å²) in [7, 11) is -2.23. The Bertz CT molecular complexity index is 1080. The van der Waals surface area contributed by atoms with Gasteiger partial charge in [-0.2, -0.15) is 4.31 Å². The van der Waals surface area contributed by atoms with E-state index in [0.717, 1.165) is 5.56 Å². The van der Waals surface area contributed by atoms with Crippen molar-refractivity contribution in [1.29, 1.82) is 0 Å². The van der Waals surface area contributed by atoms with Crippen molar-refractivity contribution in [2.45, 2.75) is 37.6 Å². The van der Waals surface area contributed by atoms with Crippen LogP contribution in [0.2, 0.25) is 0 Å². The molecule has 0 aliphatic carbocycles. The minimum Gasteiger partial charge on any atom is -0.495 e. The van der Waals surface area contributed by atoms with Gasteiger partial charge in [-0.1, -0.05) is 24.3 Å². The number of methoxy groups -OCH3 is 1. The number of nitrogens with one attached hydrogen (secondary N) is 2. The largest absolute Gasteiger partial charge is 0.495 e. The summed E-state index contributed by atoms with van der Waals surface area (Å²) in [5, 5.41) is 5.07. The van der Waals surface area contributed by atoms with Crippen LogP contribution in [0, 0.1) is 13.8 Å². The van der Waals surface area contributed by atoms with E-state index in [1.807, 2.05) is 13.0 Å². The number of benzene rings is 2. The molecule has 1 fully saturated rings. The summed E-state index contributed by atoms with van der Waals surface area (Å²) in [4.78, 5) is 24.8. The molecule has 166 valence electrons. The van der Waals surface area contributed by atoms with E-state index in [0.29, 0.717) is 36.4 Å². The molecule has 31 heavy (non-hydrogen) atoms. The maximum Gasteiger partial charge on any atom is 0.313 e. The lowest BCUT2D eigenvalue weighted by Crippen LogP contribution is -2.45. The second-order valence-corrected chi connectivity index (χ2v) is 9.40. The van der Waals surface area contributed by atoms with Crippen molar-refractivity contribution in [3.63, 3.8) is 0 Å². The van der Waals surface area contributed by atoms with Gasteiger partial charge in [0.1, 0.15) is 5.75 Å². The molecule has 2 aromatic rings. The molecule has 0 saturated carbocycles. The maximum absolute atomic E-state index is 13.2. The minimum atomic E-state index is -3.70. The molecule has 1 aliphatic heterocycles. The van der Waals surface area contributed by atoms with E-state index in [1.54, 1.807) is 43.3 Å². The molecule has 1 heterocycles. The number of anilines is 1. The maximum atomic E-state index is 13.2. The molecule has 2 N–H and O–H groups in total. The van der Waals surface area contributed by atoms with Crippen LogP contribution in [0.3, 0.4) is 0 Å². The van der Waals surface area contributed by atoms with Gasteiger partial charge in [-0.05, 0) is 56.0 Å². The third kappa shape index (κ3) is 5.05. The van der Waals surface area contributed by atoms with Crippen LogP contribution in [-0.2, 0) is 19.6 Å². The number of hydrogen-bond donors (Lipinski definition) is 2. The molecule has 0 bridgehead atoms. The van der Waals surface area contributed by atoms with Crippen molar-refractivity contribution in [2.24, 2.45) is 0 Å². The topological polar surface area (TPSA) is 105 Å². The average molecular weight is 446 g/mol. The quantitative estimate of drug-likeness (QED) is 0.664. The van der Waals surface area contributed by atoms with E-state index in [1.165, 1.54) is 11.4 Å². The van der Waals surface area contributed by atoms with Gasteiger partial charge < -0.3 is 15.4 Å². The van der Waals surface area contributed by atoms with E-state index in [4.69, 9.17) is 4.74 Å². The number of para-hydroxylation sites is 2. The van der Waals surface area contributed by atoms with Gasteiger partial charge in [-0.25, -0.2) is 8.42 Å². The number of carbonyl (C=O) groups excluding carboxylic acids is 2. The lowest BCUT2D eigenvalue weighted by atomic mass is 10.2. The Labute approximate surface area is 182 Å². The van der Waals surface area contributed by atoms with Crippen LogP contribution >= 0.6 is 0 Å². The third-order valence-corrected chi connectivity index (χ3v) is 7.41. The highest BCUT2D eigenvalue weighted by Gasteiger charge is 2.36. The van der Waals surface area contributed by atoms with Crippen LogP contribution in [0.25, 0.3) is 0 Å². The number of ether oxygens (including phenoxy) is 1. The van der Waals surface area contributed by atoms with Crippen molar-refractivity contribution < 1.29 is 22.7 Å². The lowest BCUT2D eigenvalue weighted by molar-refractivity contribution is -0.136. The second kappa shape index (κ2) is 9.49. The van der Waals surface area contributed by atoms with Gasteiger partial charge in [-0.15, -0.1) is 0 Å². The number of aryl methyl sites for hydroxylation is 2. The van der Waals surface area contributed by atoms with Gasteiger partial charge in [0.05, 0.1) is 17.7 Å². The highest BCUT2D eigenvalue weighted by atomic mass is 32.2. The molecular formula is C22H27N3O5S. The average Bonchev–Trinajstić information content (AvgIpc) is 3.23. The smallest absolute Gasteiger partial charge is 0.313 e. The zero-order valence-electron chi connectivity index (χ0n) is 17.8. The number of rotatable bonds is 6. The molecule has 3 rings (SSSR count). The molecular weight excluding hydrogens is 418 g/mol. The summed E-state index contributed by atoms with van der Waals surface area (Å²) >= 11 is 0. The van der Waals surface area contributed by atoms with Crippen LogP contribution in [0.5, 0.6) is 5.75 Å². The van der Waals surface area contributed by atoms with Crippen molar-refractivity contribution in [3.8, 4) is 5.75 Å². The molecule has 8 nitrogen and oxygen atoms in total. The first-order chi connectivity index (χ1) is 14.7. The van der Waals surface area contributed by atoms with Crippen LogP contribution in [0.1, 0.15) is 24.0 Å². The Hall–Kier alpha value is -2.91. The highest BCUT2D eigenvalue weighted by molar-refractivity contribution is 7.89. The summed E-state index contributed by atoms with van der Waals surface area (Å²) in [5.74, 6) is -1.24. The fourth-order valence-electron chi connectivity index (χ4n) is 3.66. The minimum absolute atomic E-state index is 0.0578. The molecule has 2 aromatic carbocycles. The Balaban J connectivity index is 1.66. The Morgan fingerprint density at radius 2 is 1.87 bits per heavy atom. The van der Waals surface area contributed by atoms with Gasteiger partial charge in [0.2, 0.25) is 10.0 Å². The predicted octanol–water partition coefficient (Wildman–Crippen LogP) is 2.22. The van der Waals surface area contributed by atoms with Crippen molar-refractivity contribution in [1.82, 2.24) is 9.62 Å². The van der Waals surface area contributed by atoms with Gasteiger partial charge in [0.25, 0.3) is 0 Å². The first-order valence-electron chi connectivity index (χ1n) is 10.1. The Morgan fingerprint density at radius 1 is 1.13 bits per heavy atom. The molecule has 2 amide bonds. The van der Waals surface area contributed by atoms with Crippen LogP contribution < -0.4 is 15.4 Å². The van der Waals surface area contributed by atoms with Crippen molar-refractivity contribution in [3.05, 3.63) is 53.6 Å². The van der Waals surface area contributed by atoms with E-state index >= 15 is 0 Å². The fraction of sp³-hybridized carbons (Fsp3) is 0.364. The van der Waals surface area contributed by atoms with Crippen molar-refractivity contribution >= 4 is 27.5 Å². The van der Waals surface area contributed by atoms with Crippen LogP contribution in [0.15, 0.2) is 47.4 Å². The summed E-state index contributed by atoms with van der Waals surface area (Å²) in [6.45, 7) is 4.05. The van der Waals surface area contributed by atoms with E-state index in [2.05, 4.69) is 10.6 Å². The third-order valence-electron chi connectivity index (χ3n) is 5.31.